The number of urea groups is 1. The highest BCUT2D eigenvalue weighted by Gasteiger charge is 2.32. The molecule has 1 unspecified atom stereocenters. The average molecular weight is 404 g/mol. The maximum Gasteiger partial charge on any atom is 0.356 e. The van der Waals surface area contributed by atoms with E-state index in [2.05, 4.69) is 15.3 Å². The lowest BCUT2D eigenvalue weighted by atomic mass is 10.2. The summed E-state index contributed by atoms with van der Waals surface area (Å²) < 4.78 is 29.5. The van der Waals surface area contributed by atoms with Gasteiger partial charge in [-0.3, -0.25) is 9.46 Å². The minimum Gasteiger partial charge on any atom is -0.364 e. The van der Waals surface area contributed by atoms with E-state index in [0.717, 1.165) is 0 Å². The van der Waals surface area contributed by atoms with Gasteiger partial charge in [-0.2, -0.15) is 0 Å². The summed E-state index contributed by atoms with van der Waals surface area (Å²) in [4.78, 5) is 16.1. The molecule has 0 bridgehead atoms. The lowest BCUT2D eigenvalue weighted by molar-refractivity contribution is 0.0405. The Hall–Kier alpha value is -1.61. The second-order valence-electron chi connectivity index (χ2n) is 6.66. The molecule has 154 valence electrons. The van der Waals surface area contributed by atoms with Crippen molar-refractivity contribution in [2.75, 3.05) is 12.9 Å². The van der Waals surface area contributed by atoms with Gasteiger partial charge in [-0.1, -0.05) is 6.92 Å². The third-order valence-electron chi connectivity index (χ3n) is 3.35. The van der Waals surface area contributed by atoms with Gasteiger partial charge in [0.1, 0.15) is 6.35 Å². The lowest BCUT2D eigenvalue weighted by Crippen LogP contribution is -2.59. The molecule has 3 N–H and O–H groups in total. The SMILES string of the molecule is CCC(CN1C=C[C@@](N)(N=[N+]=[N-])NC1=O)OCP(=O)(OC(C)C)OC(C)C. The summed E-state index contributed by atoms with van der Waals surface area (Å²) in [5.41, 5.74) is 14.2. The summed E-state index contributed by atoms with van der Waals surface area (Å²) >= 11 is 0. The highest BCUT2D eigenvalue weighted by atomic mass is 31.2. The predicted molar refractivity (Wildman–Crippen MR) is 101 cm³/mol. The van der Waals surface area contributed by atoms with Crippen LogP contribution < -0.4 is 11.1 Å². The summed E-state index contributed by atoms with van der Waals surface area (Å²) in [6.07, 6.45) is 2.15. The van der Waals surface area contributed by atoms with Crippen molar-refractivity contribution in [1.29, 1.82) is 0 Å². The largest absolute Gasteiger partial charge is 0.364 e. The lowest BCUT2D eigenvalue weighted by Gasteiger charge is -2.33. The van der Waals surface area contributed by atoms with Gasteiger partial charge in [0.2, 0.25) is 0 Å². The zero-order chi connectivity index (χ0) is 20.7. The van der Waals surface area contributed by atoms with E-state index < -0.39 is 25.5 Å². The number of rotatable bonds is 11. The average Bonchev–Trinajstić information content (AvgIpc) is 2.52. The number of ether oxygens (including phenoxy) is 1. The highest BCUT2D eigenvalue weighted by Crippen LogP contribution is 2.50. The fraction of sp³-hybridized carbons (Fsp3) is 0.800. The molecule has 1 rings (SSSR count). The first-order chi connectivity index (χ1) is 12.5. The van der Waals surface area contributed by atoms with E-state index in [9.17, 15) is 9.36 Å². The number of hydrogen-bond donors (Lipinski definition) is 2. The molecule has 12 heteroatoms. The Morgan fingerprint density at radius 2 is 1.96 bits per heavy atom. The Morgan fingerprint density at radius 3 is 2.41 bits per heavy atom. The number of azide groups is 1. The van der Waals surface area contributed by atoms with Crippen LogP contribution in [0.4, 0.5) is 4.79 Å². The first-order valence-corrected chi connectivity index (χ1v) is 10.5. The number of amides is 2. The topological polar surface area (TPSA) is 152 Å². The fourth-order valence-electron chi connectivity index (χ4n) is 2.28. The zero-order valence-corrected chi connectivity index (χ0v) is 17.3. The summed E-state index contributed by atoms with van der Waals surface area (Å²) in [5, 5.41) is 5.73. The van der Waals surface area contributed by atoms with Crippen molar-refractivity contribution in [3.63, 3.8) is 0 Å². The van der Waals surface area contributed by atoms with Crippen LogP contribution in [-0.2, 0) is 18.3 Å². The van der Waals surface area contributed by atoms with E-state index in [1.54, 1.807) is 27.7 Å². The van der Waals surface area contributed by atoms with Gasteiger partial charge in [-0.05, 0) is 50.8 Å². The summed E-state index contributed by atoms with van der Waals surface area (Å²) in [6.45, 7) is 9.12. The molecule has 0 radical (unpaired) electrons. The second kappa shape index (κ2) is 10.1. The Kier molecular flexibility index (Phi) is 8.74. The predicted octanol–water partition coefficient (Wildman–Crippen LogP) is 3.24. The molecule has 2 atom stereocenters. The van der Waals surface area contributed by atoms with Gasteiger partial charge in [-0.15, -0.1) is 0 Å². The molecular formula is C15H29N6O5P. The van der Waals surface area contributed by atoms with Crippen molar-refractivity contribution in [3.05, 3.63) is 22.7 Å². The van der Waals surface area contributed by atoms with E-state index in [1.165, 1.54) is 17.2 Å². The summed E-state index contributed by atoms with van der Waals surface area (Å²) in [7, 11) is -3.43. The number of carbonyl (C=O) groups excluding carboxylic acids is 1. The van der Waals surface area contributed by atoms with Gasteiger partial charge in [0, 0.05) is 11.1 Å². The minimum atomic E-state index is -3.43. The minimum absolute atomic E-state index is 0.189. The Labute approximate surface area is 159 Å². The van der Waals surface area contributed by atoms with Crippen LogP contribution in [0.25, 0.3) is 10.4 Å². The molecule has 0 spiro atoms. The van der Waals surface area contributed by atoms with Crippen LogP contribution in [0.1, 0.15) is 41.0 Å². The normalized spacial score (nSPS) is 21.3. The van der Waals surface area contributed by atoms with Crippen LogP contribution in [0.2, 0.25) is 0 Å². The van der Waals surface area contributed by atoms with Crippen molar-refractivity contribution in [1.82, 2.24) is 10.2 Å². The van der Waals surface area contributed by atoms with E-state index >= 15 is 0 Å². The first kappa shape index (κ1) is 23.4. The molecule has 0 aromatic rings. The molecule has 11 nitrogen and oxygen atoms in total. The van der Waals surface area contributed by atoms with Crippen LogP contribution in [0, 0.1) is 0 Å². The summed E-state index contributed by atoms with van der Waals surface area (Å²) in [6, 6.07) is -0.533. The van der Waals surface area contributed by atoms with Crippen molar-refractivity contribution in [3.8, 4) is 0 Å². The van der Waals surface area contributed by atoms with Crippen molar-refractivity contribution < 1.29 is 23.1 Å². The maximum absolute atomic E-state index is 12.8. The van der Waals surface area contributed by atoms with Gasteiger partial charge >= 0.3 is 13.6 Å². The molecule has 0 saturated heterocycles. The molecule has 1 aliphatic rings. The number of nitrogens with one attached hydrogen (secondary N) is 1. The maximum atomic E-state index is 12.8. The number of nitrogens with two attached hydrogens (primary N) is 1. The van der Waals surface area contributed by atoms with Crippen LogP contribution in [0.15, 0.2) is 17.4 Å². The smallest absolute Gasteiger partial charge is 0.356 e. The number of carbonyl (C=O) groups is 1. The standard InChI is InChI=1S/C15H29N6O5P/c1-6-13(24-10-27(23,25-11(2)3)26-12(4)5)9-21-8-7-15(16,19-20-17)18-14(21)22/h7-8,11-13H,6,9-10,16H2,1-5H3,(H,18,22)/t13?,15-/m0/s1. The number of hydrogen-bond acceptors (Lipinski definition) is 7. The molecule has 1 aliphatic heterocycles. The molecule has 0 aromatic heterocycles. The monoisotopic (exact) mass is 404 g/mol. The van der Waals surface area contributed by atoms with Crippen molar-refractivity contribution in [2.45, 2.75) is 65.1 Å². The Bertz CT molecular complexity index is 622. The van der Waals surface area contributed by atoms with E-state index in [4.69, 9.17) is 25.0 Å². The molecule has 2 amide bonds. The highest BCUT2D eigenvalue weighted by molar-refractivity contribution is 7.53. The van der Waals surface area contributed by atoms with Gasteiger partial charge in [0.15, 0.2) is 5.79 Å². The second-order valence-corrected chi connectivity index (χ2v) is 8.56. The van der Waals surface area contributed by atoms with E-state index in [0.29, 0.717) is 6.42 Å². The third-order valence-corrected chi connectivity index (χ3v) is 5.30. The molecular weight excluding hydrogens is 375 g/mol. The summed E-state index contributed by atoms with van der Waals surface area (Å²) in [5.74, 6) is -1.60. The third kappa shape index (κ3) is 7.88. The molecule has 1 heterocycles. The van der Waals surface area contributed by atoms with E-state index in [1.807, 2.05) is 6.92 Å². The Morgan fingerprint density at radius 1 is 1.37 bits per heavy atom. The number of nitrogens with zero attached hydrogens (tertiary/aromatic N) is 4. The first-order valence-electron chi connectivity index (χ1n) is 8.73. The quantitative estimate of drug-likeness (QED) is 0.233. The van der Waals surface area contributed by atoms with Crippen molar-refractivity contribution >= 4 is 13.6 Å². The molecule has 0 fully saturated rings. The molecule has 0 aromatic carbocycles. The van der Waals surface area contributed by atoms with Crippen LogP contribution in [0.3, 0.4) is 0 Å². The van der Waals surface area contributed by atoms with E-state index in [-0.39, 0.29) is 25.1 Å². The van der Waals surface area contributed by atoms with Crippen LogP contribution in [-0.4, -0.2) is 47.9 Å². The van der Waals surface area contributed by atoms with Crippen molar-refractivity contribution in [2.24, 2.45) is 10.8 Å². The van der Waals surface area contributed by atoms with Gasteiger partial charge in [-0.25, -0.2) is 4.79 Å². The van der Waals surface area contributed by atoms with Gasteiger partial charge in [0.05, 0.1) is 24.9 Å². The van der Waals surface area contributed by atoms with Crippen LogP contribution in [0.5, 0.6) is 0 Å². The van der Waals surface area contributed by atoms with Gasteiger partial charge < -0.3 is 24.8 Å². The Balaban J connectivity index is 2.74. The molecule has 0 saturated carbocycles. The molecule has 27 heavy (non-hydrogen) atoms. The van der Waals surface area contributed by atoms with Gasteiger partial charge in [0.25, 0.3) is 0 Å². The zero-order valence-electron chi connectivity index (χ0n) is 16.4. The van der Waals surface area contributed by atoms with Crippen LogP contribution >= 0.6 is 7.60 Å². The molecule has 0 aliphatic carbocycles. The fourth-order valence-corrected chi connectivity index (χ4v) is 4.13.